The molecule has 22 heavy (non-hydrogen) atoms. The molecule has 2 aromatic rings. The summed E-state index contributed by atoms with van der Waals surface area (Å²) in [4.78, 5) is 13.5. The molecule has 1 aromatic heterocycles. The Bertz CT molecular complexity index is 672. The van der Waals surface area contributed by atoms with Gasteiger partial charge in [-0.15, -0.1) is 0 Å². The number of likely N-dealkylation sites (N-methyl/N-ethyl adjacent to an activating group) is 1. The summed E-state index contributed by atoms with van der Waals surface area (Å²) in [6, 6.07) is 4.10. The van der Waals surface area contributed by atoms with Gasteiger partial charge in [-0.25, -0.2) is 0 Å². The Morgan fingerprint density at radius 3 is 2.82 bits per heavy atom. The zero-order valence-corrected chi connectivity index (χ0v) is 13.4. The summed E-state index contributed by atoms with van der Waals surface area (Å²) in [5.74, 6) is -0.471. The van der Waals surface area contributed by atoms with Gasteiger partial charge in [-0.2, -0.15) is 5.10 Å². The number of carboxylic acids is 1. The van der Waals surface area contributed by atoms with Crippen LogP contribution in [0.4, 0.5) is 0 Å². The van der Waals surface area contributed by atoms with Crippen LogP contribution in [0.15, 0.2) is 30.6 Å². The predicted molar refractivity (Wildman–Crippen MR) is 83.1 cm³/mol. The number of methoxy groups -OCH3 is 1. The molecule has 0 aliphatic rings. The van der Waals surface area contributed by atoms with Gasteiger partial charge < -0.3 is 9.84 Å². The topological polar surface area (TPSA) is 67.6 Å². The molecule has 0 saturated heterocycles. The number of hydrogen-bond acceptors (Lipinski definition) is 4. The minimum absolute atomic E-state index is 0.445. The first-order valence-electron chi connectivity index (χ1n) is 6.66. The molecule has 1 N–H and O–H groups in total. The number of benzene rings is 1. The van der Waals surface area contributed by atoms with Crippen LogP contribution < -0.4 is 4.74 Å². The third kappa shape index (κ3) is 3.58. The van der Waals surface area contributed by atoms with E-state index in [4.69, 9.17) is 16.3 Å². The van der Waals surface area contributed by atoms with Gasteiger partial charge in [0, 0.05) is 35.9 Å². The maximum atomic E-state index is 11.8. The van der Waals surface area contributed by atoms with Gasteiger partial charge >= 0.3 is 5.97 Å². The zero-order valence-electron chi connectivity index (χ0n) is 12.7. The van der Waals surface area contributed by atoms with E-state index in [-0.39, 0.29) is 0 Å². The van der Waals surface area contributed by atoms with Crippen LogP contribution in [0.25, 0.3) is 0 Å². The fourth-order valence-corrected chi connectivity index (χ4v) is 2.59. The summed E-state index contributed by atoms with van der Waals surface area (Å²) in [7, 11) is 5.07. The molecule has 118 valence electrons. The molecule has 1 aromatic carbocycles. The van der Waals surface area contributed by atoms with Crippen LogP contribution in [-0.2, 0) is 18.4 Å². The Kier molecular flexibility index (Phi) is 5.05. The highest BCUT2D eigenvalue weighted by atomic mass is 35.5. The molecule has 0 aliphatic heterocycles. The van der Waals surface area contributed by atoms with Gasteiger partial charge in [-0.1, -0.05) is 11.6 Å². The second kappa shape index (κ2) is 6.81. The molecule has 1 unspecified atom stereocenters. The standard InChI is InChI=1S/C15H18ClN3O3/c1-18(8-10-7-17-19(2)9-10)14(15(20)21)12-6-11(16)4-5-13(12)22-3/h4-7,9,14H,8H2,1-3H3,(H,20,21). The summed E-state index contributed by atoms with van der Waals surface area (Å²) < 4.78 is 6.95. The Morgan fingerprint density at radius 1 is 1.55 bits per heavy atom. The normalized spacial score (nSPS) is 12.4. The molecule has 0 amide bonds. The number of aryl methyl sites for hydroxylation is 1. The van der Waals surface area contributed by atoms with E-state index in [1.165, 1.54) is 7.11 Å². The first-order chi connectivity index (χ1) is 10.4. The summed E-state index contributed by atoms with van der Waals surface area (Å²) >= 11 is 6.01. The lowest BCUT2D eigenvalue weighted by Gasteiger charge is -2.26. The van der Waals surface area contributed by atoms with Crippen LogP contribution in [0.3, 0.4) is 0 Å². The van der Waals surface area contributed by atoms with Crippen molar-refractivity contribution >= 4 is 17.6 Å². The second-order valence-electron chi connectivity index (χ2n) is 5.06. The van der Waals surface area contributed by atoms with Crippen LogP contribution in [0.5, 0.6) is 5.75 Å². The van der Waals surface area contributed by atoms with Gasteiger partial charge in [-0.3, -0.25) is 14.4 Å². The van der Waals surface area contributed by atoms with Gasteiger partial charge in [0.05, 0.1) is 13.3 Å². The lowest BCUT2D eigenvalue weighted by molar-refractivity contribution is -0.143. The van der Waals surface area contributed by atoms with Crippen molar-refractivity contribution in [1.29, 1.82) is 0 Å². The Balaban J connectivity index is 2.33. The molecule has 7 heteroatoms. The number of aromatic nitrogens is 2. The lowest BCUT2D eigenvalue weighted by atomic mass is 10.0. The van der Waals surface area contributed by atoms with Crippen molar-refractivity contribution in [3.63, 3.8) is 0 Å². The monoisotopic (exact) mass is 323 g/mol. The van der Waals surface area contributed by atoms with Crippen molar-refractivity contribution in [2.24, 2.45) is 7.05 Å². The van der Waals surface area contributed by atoms with E-state index in [9.17, 15) is 9.90 Å². The summed E-state index contributed by atoms with van der Waals surface area (Å²) in [6.07, 6.45) is 3.56. The molecule has 6 nitrogen and oxygen atoms in total. The van der Waals surface area contributed by atoms with Crippen molar-refractivity contribution in [1.82, 2.24) is 14.7 Å². The van der Waals surface area contributed by atoms with Crippen molar-refractivity contribution in [2.45, 2.75) is 12.6 Å². The molecule has 0 radical (unpaired) electrons. The average Bonchev–Trinajstić information content (AvgIpc) is 2.84. The molecule has 0 aliphatic carbocycles. The van der Waals surface area contributed by atoms with E-state index in [2.05, 4.69) is 5.10 Å². The second-order valence-corrected chi connectivity index (χ2v) is 5.50. The molecule has 0 spiro atoms. The first kappa shape index (κ1) is 16.3. The maximum Gasteiger partial charge on any atom is 0.325 e. The first-order valence-corrected chi connectivity index (χ1v) is 7.04. The van der Waals surface area contributed by atoms with E-state index in [1.807, 2.05) is 13.2 Å². The number of hydrogen-bond donors (Lipinski definition) is 1. The van der Waals surface area contributed by atoms with Crippen LogP contribution in [0, 0.1) is 0 Å². The molecule has 0 bridgehead atoms. The Hall–Kier alpha value is -2.05. The molecule has 2 rings (SSSR count). The van der Waals surface area contributed by atoms with Gasteiger partial charge in [0.1, 0.15) is 11.8 Å². The number of carboxylic acid groups (broad SMARTS) is 1. The quantitative estimate of drug-likeness (QED) is 0.883. The summed E-state index contributed by atoms with van der Waals surface area (Å²) in [6.45, 7) is 0.445. The minimum Gasteiger partial charge on any atom is -0.496 e. The van der Waals surface area contributed by atoms with E-state index >= 15 is 0 Å². The number of nitrogens with zero attached hydrogens (tertiary/aromatic N) is 3. The molecule has 0 saturated carbocycles. The number of rotatable bonds is 6. The number of ether oxygens (including phenoxy) is 1. The third-order valence-corrected chi connectivity index (χ3v) is 3.59. The highest BCUT2D eigenvalue weighted by molar-refractivity contribution is 6.30. The predicted octanol–water partition coefficient (Wildman–Crippen LogP) is 2.34. The van der Waals surface area contributed by atoms with Gasteiger partial charge in [-0.05, 0) is 25.2 Å². The van der Waals surface area contributed by atoms with Crippen molar-refractivity contribution in [2.75, 3.05) is 14.2 Å². The molecule has 0 fully saturated rings. The Labute approximate surface area is 133 Å². The van der Waals surface area contributed by atoms with E-state index in [0.717, 1.165) is 5.56 Å². The summed E-state index contributed by atoms with van der Waals surface area (Å²) in [5, 5.41) is 14.2. The summed E-state index contributed by atoms with van der Waals surface area (Å²) in [5.41, 5.74) is 1.45. The molecule has 1 atom stereocenters. The van der Waals surface area contributed by atoms with Gasteiger partial charge in [0.2, 0.25) is 0 Å². The van der Waals surface area contributed by atoms with Crippen molar-refractivity contribution in [3.8, 4) is 5.75 Å². The van der Waals surface area contributed by atoms with E-state index in [0.29, 0.717) is 22.9 Å². The zero-order chi connectivity index (χ0) is 16.3. The van der Waals surface area contributed by atoms with Crippen LogP contribution in [0.1, 0.15) is 17.2 Å². The highest BCUT2D eigenvalue weighted by Gasteiger charge is 2.28. The molecular weight excluding hydrogens is 306 g/mol. The van der Waals surface area contributed by atoms with Crippen molar-refractivity contribution in [3.05, 3.63) is 46.7 Å². The lowest BCUT2D eigenvalue weighted by Crippen LogP contribution is -2.30. The number of halogens is 1. The van der Waals surface area contributed by atoms with Crippen molar-refractivity contribution < 1.29 is 14.6 Å². The largest absolute Gasteiger partial charge is 0.496 e. The van der Waals surface area contributed by atoms with Crippen LogP contribution in [-0.4, -0.2) is 39.9 Å². The number of carbonyl (C=O) groups is 1. The fraction of sp³-hybridized carbons (Fsp3) is 0.333. The minimum atomic E-state index is -0.966. The highest BCUT2D eigenvalue weighted by Crippen LogP contribution is 2.32. The number of aliphatic carboxylic acids is 1. The molecule has 1 heterocycles. The third-order valence-electron chi connectivity index (χ3n) is 3.35. The smallest absolute Gasteiger partial charge is 0.325 e. The Morgan fingerprint density at radius 2 is 2.27 bits per heavy atom. The maximum absolute atomic E-state index is 11.8. The average molecular weight is 324 g/mol. The van der Waals surface area contributed by atoms with Crippen LogP contribution >= 0.6 is 11.6 Å². The van der Waals surface area contributed by atoms with E-state index < -0.39 is 12.0 Å². The van der Waals surface area contributed by atoms with Gasteiger partial charge in [0.15, 0.2) is 0 Å². The fourth-order valence-electron chi connectivity index (χ4n) is 2.41. The van der Waals surface area contributed by atoms with Crippen LogP contribution in [0.2, 0.25) is 5.02 Å². The van der Waals surface area contributed by atoms with E-state index in [1.54, 1.807) is 41.0 Å². The molecular formula is C15H18ClN3O3. The SMILES string of the molecule is COc1ccc(Cl)cc1C(C(=O)O)N(C)Cc1cnn(C)c1. The van der Waals surface area contributed by atoms with Gasteiger partial charge in [0.25, 0.3) is 0 Å².